The van der Waals surface area contributed by atoms with Gasteiger partial charge in [-0.15, -0.1) is 0 Å². The van der Waals surface area contributed by atoms with E-state index in [1.54, 1.807) is 30.9 Å². The van der Waals surface area contributed by atoms with Crippen LogP contribution in [-0.4, -0.2) is 14.5 Å². The minimum atomic E-state index is -0.657. The van der Waals surface area contributed by atoms with E-state index in [1.807, 2.05) is 0 Å². The topological polar surface area (TPSA) is 73.0 Å². The van der Waals surface area contributed by atoms with Crippen LogP contribution in [0.3, 0.4) is 0 Å². The summed E-state index contributed by atoms with van der Waals surface area (Å²) in [5, 5.41) is 13.7. The number of nitro groups is 1. The van der Waals surface area contributed by atoms with Crippen LogP contribution >= 0.6 is 0 Å². The van der Waals surface area contributed by atoms with E-state index < -0.39 is 10.7 Å². The lowest BCUT2D eigenvalue weighted by Crippen LogP contribution is -2.13. The highest BCUT2D eigenvalue weighted by atomic mass is 19.1. The number of aryl methyl sites for hydroxylation is 1. The Morgan fingerprint density at radius 2 is 2.26 bits per heavy atom. The molecule has 2 aromatic rings. The monoisotopic (exact) mass is 264 g/mol. The summed E-state index contributed by atoms with van der Waals surface area (Å²) in [6, 6.07) is 3.40. The lowest BCUT2D eigenvalue weighted by atomic mass is 10.2. The number of nitro benzene ring substituents is 1. The Morgan fingerprint density at radius 3 is 2.84 bits per heavy atom. The van der Waals surface area contributed by atoms with Crippen molar-refractivity contribution in [3.63, 3.8) is 0 Å². The van der Waals surface area contributed by atoms with Gasteiger partial charge in [0.15, 0.2) is 5.82 Å². The molecule has 1 heterocycles. The van der Waals surface area contributed by atoms with Crippen LogP contribution in [0.25, 0.3) is 0 Å². The predicted octanol–water partition coefficient (Wildman–Crippen LogP) is 2.64. The molecule has 19 heavy (non-hydrogen) atoms. The molecule has 6 nitrogen and oxygen atoms in total. The van der Waals surface area contributed by atoms with Gasteiger partial charge in [0.25, 0.3) is 5.69 Å². The van der Waals surface area contributed by atoms with Gasteiger partial charge in [-0.2, -0.15) is 0 Å². The van der Waals surface area contributed by atoms with Crippen molar-refractivity contribution in [3.05, 3.63) is 52.3 Å². The van der Waals surface area contributed by atoms with E-state index in [2.05, 4.69) is 10.3 Å². The summed E-state index contributed by atoms with van der Waals surface area (Å²) in [4.78, 5) is 14.4. The van der Waals surface area contributed by atoms with Crippen molar-refractivity contribution in [2.45, 2.75) is 13.0 Å². The number of hydrogen-bond donors (Lipinski definition) is 1. The van der Waals surface area contributed by atoms with Crippen molar-refractivity contribution >= 4 is 11.4 Å². The minimum Gasteiger partial charge on any atom is -0.367 e. The van der Waals surface area contributed by atoms with Gasteiger partial charge in [-0.3, -0.25) is 10.1 Å². The van der Waals surface area contributed by atoms with Crippen molar-refractivity contribution in [1.82, 2.24) is 9.55 Å². The molecule has 0 aliphatic rings. The van der Waals surface area contributed by atoms with E-state index in [0.717, 1.165) is 0 Å². The zero-order valence-electron chi connectivity index (χ0n) is 10.5. The zero-order valence-corrected chi connectivity index (χ0v) is 10.5. The predicted molar refractivity (Wildman–Crippen MR) is 68.3 cm³/mol. The normalized spacial score (nSPS) is 12.2. The molecule has 0 aliphatic carbocycles. The number of halogens is 1. The second-order valence-electron chi connectivity index (χ2n) is 4.15. The summed E-state index contributed by atoms with van der Waals surface area (Å²) in [5.74, 6) is 0.00723. The van der Waals surface area contributed by atoms with Gasteiger partial charge in [0.1, 0.15) is 11.5 Å². The molecule has 2 rings (SSSR count). The molecule has 1 N–H and O–H groups in total. The van der Waals surface area contributed by atoms with Gasteiger partial charge in [-0.05, 0) is 13.0 Å². The molecule has 0 fully saturated rings. The molecule has 100 valence electrons. The largest absolute Gasteiger partial charge is 0.367 e. The molecule has 1 aromatic heterocycles. The molecular weight excluding hydrogens is 251 g/mol. The number of aromatic nitrogens is 2. The van der Waals surface area contributed by atoms with Crippen LogP contribution in [0.15, 0.2) is 30.6 Å². The number of nitrogens with zero attached hydrogens (tertiary/aromatic N) is 3. The van der Waals surface area contributed by atoms with Crippen LogP contribution < -0.4 is 5.32 Å². The quantitative estimate of drug-likeness (QED) is 0.680. The Bertz CT molecular complexity index is 612. The van der Waals surface area contributed by atoms with Gasteiger partial charge in [0.2, 0.25) is 0 Å². The van der Waals surface area contributed by atoms with Gasteiger partial charge in [0.05, 0.1) is 11.0 Å². The van der Waals surface area contributed by atoms with Crippen molar-refractivity contribution in [2.75, 3.05) is 5.32 Å². The smallest absolute Gasteiger partial charge is 0.295 e. The van der Waals surface area contributed by atoms with Gasteiger partial charge in [0, 0.05) is 25.5 Å². The molecule has 0 bridgehead atoms. The Balaban J connectivity index is 2.33. The van der Waals surface area contributed by atoms with Crippen molar-refractivity contribution in [3.8, 4) is 0 Å². The zero-order chi connectivity index (χ0) is 14.0. The first-order chi connectivity index (χ1) is 9.00. The Hall–Kier alpha value is -2.44. The summed E-state index contributed by atoms with van der Waals surface area (Å²) in [6.07, 6.45) is 3.37. The van der Waals surface area contributed by atoms with Gasteiger partial charge < -0.3 is 9.88 Å². The van der Waals surface area contributed by atoms with E-state index >= 15 is 0 Å². The number of para-hydroxylation sites is 1. The minimum absolute atomic E-state index is 0.122. The summed E-state index contributed by atoms with van der Waals surface area (Å²) >= 11 is 0. The van der Waals surface area contributed by atoms with Crippen LogP contribution in [0.1, 0.15) is 18.8 Å². The molecule has 0 saturated heterocycles. The van der Waals surface area contributed by atoms with E-state index in [1.165, 1.54) is 18.2 Å². The maximum atomic E-state index is 13.7. The first kappa shape index (κ1) is 13.0. The highest BCUT2D eigenvalue weighted by molar-refractivity contribution is 5.62. The summed E-state index contributed by atoms with van der Waals surface area (Å²) in [5.41, 5.74) is -0.413. The molecule has 0 amide bonds. The molecule has 0 saturated carbocycles. The molecular formula is C12H13FN4O2. The summed E-state index contributed by atoms with van der Waals surface area (Å²) in [7, 11) is 1.80. The third-order valence-electron chi connectivity index (χ3n) is 2.79. The van der Waals surface area contributed by atoms with Crippen LogP contribution in [0.2, 0.25) is 0 Å². The molecule has 0 aliphatic heterocycles. The van der Waals surface area contributed by atoms with Gasteiger partial charge in [-0.25, -0.2) is 9.37 Å². The maximum Gasteiger partial charge on any atom is 0.295 e. The maximum absolute atomic E-state index is 13.7. The number of imidazole rings is 1. The Labute approximate surface area is 109 Å². The van der Waals surface area contributed by atoms with E-state index in [4.69, 9.17) is 0 Å². The van der Waals surface area contributed by atoms with E-state index in [0.29, 0.717) is 5.82 Å². The fourth-order valence-corrected chi connectivity index (χ4v) is 1.88. The summed E-state index contributed by atoms with van der Waals surface area (Å²) in [6.45, 7) is 1.76. The Morgan fingerprint density at radius 1 is 1.53 bits per heavy atom. The number of nitrogens with one attached hydrogen (secondary N) is 1. The third-order valence-corrected chi connectivity index (χ3v) is 2.79. The second kappa shape index (κ2) is 5.05. The van der Waals surface area contributed by atoms with E-state index in [9.17, 15) is 14.5 Å². The van der Waals surface area contributed by atoms with Crippen molar-refractivity contribution < 1.29 is 9.31 Å². The molecule has 1 aromatic carbocycles. The van der Waals surface area contributed by atoms with E-state index in [-0.39, 0.29) is 17.4 Å². The highest BCUT2D eigenvalue weighted by Gasteiger charge is 2.21. The third kappa shape index (κ3) is 2.54. The fraction of sp³-hybridized carbons (Fsp3) is 0.250. The van der Waals surface area contributed by atoms with Gasteiger partial charge >= 0.3 is 0 Å². The molecule has 1 atom stereocenters. The van der Waals surface area contributed by atoms with Crippen LogP contribution in [0.5, 0.6) is 0 Å². The Kier molecular flexibility index (Phi) is 3.46. The molecule has 0 spiro atoms. The SMILES string of the molecule is CC(Nc1c(F)cccc1[N+](=O)[O-])c1nccn1C. The first-order valence-electron chi connectivity index (χ1n) is 5.67. The summed E-state index contributed by atoms with van der Waals surface area (Å²) < 4.78 is 15.5. The number of rotatable bonds is 4. The van der Waals surface area contributed by atoms with Crippen LogP contribution in [-0.2, 0) is 7.05 Å². The lowest BCUT2D eigenvalue weighted by Gasteiger charge is -2.15. The van der Waals surface area contributed by atoms with Gasteiger partial charge in [-0.1, -0.05) is 6.07 Å². The number of anilines is 1. The second-order valence-corrected chi connectivity index (χ2v) is 4.15. The molecule has 7 heteroatoms. The molecule has 1 unspecified atom stereocenters. The number of hydrogen-bond acceptors (Lipinski definition) is 4. The van der Waals surface area contributed by atoms with Crippen LogP contribution in [0.4, 0.5) is 15.8 Å². The van der Waals surface area contributed by atoms with Crippen molar-refractivity contribution in [1.29, 1.82) is 0 Å². The fourth-order valence-electron chi connectivity index (χ4n) is 1.88. The number of benzene rings is 1. The highest BCUT2D eigenvalue weighted by Crippen LogP contribution is 2.30. The average molecular weight is 264 g/mol. The van der Waals surface area contributed by atoms with Crippen LogP contribution in [0, 0.1) is 15.9 Å². The lowest BCUT2D eigenvalue weighted by molar-refractivity contribution is -0.384. The molecule has 0 radical (unpaired) electrons. The standard InChI is InChI=1S/C12H13FN4O2/c1-8(12-14-6-7-16(12)2)15-11-9(13)4-3-5-10(11)17(18)19/h3-8,15H,1-2H3. The first-order valence-corrected chi connectivity index (χ1v) is 5.67. The average Bonchev–Trinajstić information content (AvgIpc) is 2.77. The van der Waals surface area contributed by atoms with Crippen molar-refractivity contribution in [2.24, 2.45) is 7.05 Å².